The number of imide groups is 1. The first-order valence-electron chi connectivity index (χ1n) is 9.91. The first-order valence-corrected chi connectivity index (χ1v) is 9.91. The summed E-state index contributed by atoms with van der Waals surface area (Å²) < 4.78 is 0. The number of amides is 3. The van der Waals surface area contributed by atoms with Gasteiger partial charge in [0.2, 0.25) is 0 Å². The van der Waals surface area contributed by atoms with Crippen molar-refractivity contribution >= 4 is 17.7 Å². The Balaban J connectivity index is 1.55. The molecule has 0 aromatic heterocycles. The van der Waals surface area contributed by atoms with Crippen LogP contribution >= 0.6 is 0 Å². The predicted molar refractivity (Wildman–Crippen MR) is 114 cm³/mol. The highest BCUT2D eigenvalue weighted by Gasteiger charge is 2.33. The van der Waals surface area contributed by atoms with Gasteiger partial charge in [-0.25, -0.2) is 0 Å². The molecule has 3 aromatic carbocycles. The van der Waals surface area contributed by atoms with Crippen LogP contribution in [-0.4, -0.2) is 29.7 Å². The van der Waals surface area contributed by atoms with Crippen molar-refractivity contribution in [2.24, 2.45) is 0 Å². The monoisotopic (exact) mass is 398 g/mol. The van der Waals surface area contributed by atoms with Crippen LogP contribution in [0.15, 0.2) is 78.9 Å². The molecule has 5 nitrogen and oxygen atoms in total. The molecular weight excluding hydrogens is 376 g/mol. The highest BCUT2D eigenvalue weighted by atomic mass is 16.2. The number of carbonyl (C=O) groups excluding carboxylic acids is 3. The number of hydrogen-bond acceptors (Lipinski definition) is 3. The molecule has 0 spiro atoms. The Morgan fingerprint density at radius 2 is 1.50 bits per heavy atom. The molecule has 0 aliphatic carbocycles. The first kappa shape index (κ1) is 19.6. The average molecular weight is 398 g/mol. The summed E-state index contributed by atoms with van der Waals surface area (Å²) in [6.07, 6.45) is 1.56. The molecule has 1 aliphatic heterocycles. The van der Waals surface area contributed by atoms with E-state index < -0.39 is 0 Å². The molecule has 3 aromatic rings. The topological polar surface area (TPSA) is 66.5 Å². The van der Waals surface area contributed by atoms with Gasteiger partial charge in [-0.2, -0.15) is 0 Å². The Hall–Kier alpha value is -3.73. The van der Waals surface area contributed by atoms with Crippen LogP contribution in [0.2, 0.25) is 0 Å². The summed E-state index contributed by atoms with van der Waals surface area (Å²) in [7, 11) is 1.44. The SMILES string of the molecule is CN1C(=O)c2ccc(C(=O)NC(CCc3ccccc3)c3ccccc3)cc2C1=O. The van der Waals surface area contributed by atoms with Crippen LogP contribution in [-0.2, 0) is 6.42 Å². The maximum atomic E-state index is 13.0. The largest absolute Gasteiger partial charge is 0.345 e. The zero-order chi connectivity index (χ0) is 21.1. The highest BCUT2D eigenvalue weighted by molar-refractivity contribution is 6.21. The molecule has 0 bridgehead atoms. The fraction of sp³-hybridized carbons (Fsp3) is 0.160. The third-order valence-corrected chi connectivity index (χ3v) is 5.42. The van der Waals surface area contributed by atoms with E-state index in [-0.39, 0.29) is 29.3 Å². The van der Waals surface area contributed by atoms with E-state index in [1.165, 1.54) is 18.7 Å². The smallest absolute Gasteiger partial charge is 0.261 e. The first-order chi connectivity index (χ1) is 14.5. The molecular formula is C25H22N2O3. The second-order valence-electron chi connectivity index (χ2n) is 7.39. The highest BCUT2D eigenvalue weighted by Crippen LogP contribution is 2.24. The Morgan fingerprint density at radius 1 is 0.867 bits per heavy atom. The standard InChI is InChI=1S/C25H22N2O3/c1-27-24(29)20-14-13-19(16-21(20)25(27)30)23(28)26-22(18-10-6-3-7-11-18)15-12-17-8-4-2-5-9-17/h2-11,13-14,16,22H,12,15H2,1H3,(H,26,28). The number of carbonyl (C=O) groups is 3. The molecule has 0 fully saturated rings. The number of hydrogen-bond donors (Lipinski definition) is 1. The Bertz CT molecular complexity index is 1090. The van der Waals surface area contributed by atoms with Crippen molar-refractivity contribution in [1.82, 2.24) is 10.2 Å². The Kier molecular flexibility index (Phi) is 5.44. The molecule has 3 amide bonds. The Labute approximate surface area is 175 Å². The van der Waals surface area contributed by atoms with Crippen LogP contribution in [0.1, 0.15) is 54.7 Å². The molecule has 0 radical (unpaired) electrons. The van der Waals surface area contributed by atoms with Gasteiger partial charge in [0.1, 0.15) is 0 Å². The van der Waals surface area contributed by atoms with Gasteiger partial charge in [0, 0.05) is 12.6 Å². The van der Waals surface area contributed by atoms with E-state index in [4.69, 9.17) is 0 Å². The van der Waals surface area contributed by atoms with Crippen molar-refractivity contribution in [3.63, 3.8) is 0 Å². The van der Waals surface area contributed by atoms with Gasteiger partial charge in [-0.15, -0.1) is 0 Å². The van der Waals surface area contributed by atoms with E-state index in [1.54, 1.807) is 12.1 Å². The van der Waals surface area contributed by atoms with Crippen molar-refractivity contribution in [1.29, 1.82) is 0 Å². The minimum absolute atomic E-state index is 0.174. The lowest BCUT2D eigenvalue weighted by atomic mass is 9.98. The molecule has 30 heavy (non-hydrogen) atoms. The number of rotatable bonds is 6. The van der Waals surface area contributed by atoms with E-state index in [2.05, 4.69) is 17.4 Å². The summed E-state index contributed by atoms with van der Waals surface area (Å²) in [4.78, 5) is 38.4. The van der Waals surface area contributed by atoms with Crippen molar-refractivity contribution < 1.29 is 14.4 Å². The normalized spacial score (nSPS) is 13.8. The molecule has 4 rings (SSSR count). The second-order valence-corrected chi connectivity index (χ2v) is 7.39. The van der Waals surface area contributed by atoms with E-state index in [9.17, 15) is 14.4 Å². The third-order valence-electron chi connectivity index (χ3n) is 5.42. The average Bonchev–Trinajstić information content (AvgIpc) is 3.01. The molecule has 150 valence electrons. The number of aryl methyl sites for hydroxylation is 1. The van der Waals surface area contributed by atoms with E-state index in [1.807, 2.05) is 48.5 Å². The number of benzene rings is 3. The predicted octanol–water partition coefficient (Wildman–Crippen LogP) is 4.02. The number of nitrogens with zero attached hydrogens (tertiary/aromatic N) is 1. The van der Waals surface area contributed by atoms with Crippen LogP contribution < -0.4 is 5.32 Å². The zero-order valence-electron chi connectivity index (χ0n) is 16.7. The minimum atomic E-state index is -0.381. The molecule has 0 saturated carbocycles. The molecule has 1 aliphatic rings. The lowest BCUT2D eigenvalue weighted by Crippen LogP contribution is -2.29. The van der Waals surface area contributed by atoms with Crippen LogP contribution in [0.5, 0.6) is 0 Å². The summed E-state index contributed by atoms with van der Waals surface area (Å²) >= 11 is 0. The zero-order valence-corrected chi connectivity index (χ0v) is 16.7. The molecule has 0 saturated heterocycles. The number of fused-ring (bicyclic) bond motifs is 1. The van der Waals surface area contributed by atoms with Gasteiger partial charge in [0.05, 0.1) is 17.2 Å². The fourth-order valence-corrected chi connectivity index (χ4v) is 3.71. The van der Waals surface area contributed by atoms with Gasteiger partial charge >= 0.3 is 0 Å². The van der Waals surface area contributed by atoms with Crippen LogP contribution in [0.4, 0.5) is 0 Å². The van der Waals surface area contributed by atoms with Crippen molar-refractivity contribution in [2.45, 2.75) is 18.9 Å². The lowest BCUT2D eigenvalue weighted by molar-refractivity contribution is 0.0693. The maximum absolute atomic E-state index is 13.0. The summed E-state index contributed by atoms with van der Waals surface area (Å²) in [6, 6.07) is 24.5. The fourth-order valence-electron chi connectivity index (χ4n) is 3.71. The molecule has 1 N–H and O–H groups in total. The molecule has 5 heteroatoms. The van der Waals surface area contributed by atoms with Crippen molar-refractivity contribution in [3.8, 4) is 0 Å². The van der Waals surface area contributed by atoms with Gasteiger partial charge < -0.3 is 5.32 Å². The lowest BCUT2D eigenvalue weighted by Gasteiger charge is -2.20. The van der Waals surface area contributed by atoms with Crippen LogP contribution in [0.25, 0.3) is 0 Å². The minimum Gasteiger partial charge on any atom is -0.345 e. The van der Waals surface area contributed by atoms with E-state index >= 15 is 0 Å². The molecule has 1 heterocycles. The maximum Gasteiger partial charge on any atom is 0.261 e. The summed E-state index contributed by atoms with van der Waals surface area (Å²) in [6.45, 7) is 0. The molecule has 1 unspecified atom stereocenters. The third kappa shape index (κ3) is 3.87. The van der Waals surface area contributed by atoms with Gasteiger partial charge in [0.15, 0.2) is 0 Å². The van der Waals surface area contributed by atoms with E-state index in [0.29, 0.717) is 11.1 Å². The van der Waals surface area contributed by atoms with Gasteiger partial charge in [-0.3, -0.25) is 19.3 Å². The Morgan fingerprint density at radius 3 is 2.20 bits per heavy atom. The van der Waals surface area contributed by atoms with E-state index in [0.717, 1.165) is 23.3 Å². The number of nitrogens with one attached hydrogen (secondary N) is 1. The van der Waals surface area contributed by atoms with Gasteiger partial charge in [-0.05, 0) is 42.2 Å². The van der Waals surface area contributed by atoms with Crippen molar-refractivity contribution in [3.05, 3.63) is 107 Å². The summed E-state index contributed by atoms with van der Waals surface area (Å²) in [5.41, 5.74) is 3.20. The summed E-state index contributed by atoms with van der Waals surface area (Å²) in [5, 5.41) is 3.10. The second kappa shape index (κ2) is 8.33. The quantitative estimate of drug-likeness (QED) is 0.638. The molecule has 1 atom stereocenters. The van der Waals surface area contributed by atoms with Gasteiger partial charge in [-0.1, -0.05) is 60.7 Å². The van der Waals surface area contributed by atoms with Crippen molar-refractivity contribution in [2.75, 3.05) is 7.05 Å². The van der Waals surface area contributed by atoms with Crippen LogP contribution in [0.3, 0.4) is 0 Å². The van der Waals surface area contributed by atoms with Gasteiger partial charge in [0.25, 0.3) is 17.7 Å². The van der Waals surface area contributed by atoms with Crippen LogP contribution in [0, 0.1) is 0 Å². The summed E-state index contributed by atoms with van der Waals surface area (Å²) in [5.74, 6) is -0.991.